The third kappa shape index (κ3) is 5.23. The first-order valence-corrected chi connectivity index (χ1v) is 10.2. The van der Waals surface area contributed by atoms with Crippen LogP contribution in [-0.4, -0.2) is 21.0 Å². The van der Waals surface area contributed by atoms with Gasteiger partial charge in [-0.2, -0.15) is 0 Å². The fraction of sp³-hybridized carbons (Fsp3) is 0.529. The number of rotatable bonds is 7. The Morgan fingerprint density at radius 3 is 2.35 bits per heavy atom. The molecule has 1 aromatic carbocycles. The molecule has 1 rings (SSSR count). The highest BCUT2D eigenvalue weighted by Crippen LogP contribution is 2.36. The van der Waals surface area contributed by atoms with Gasteiger partial charge in [-0.25, -0.2) is 0 Å². The van der Waals surface area contributed by atoms with Gasteiger partial charge in [0.25, 0.3) is 0 Å². The molecule has 0 aliphatic heterocycles. The third-order valence-corrected chi connectivity index (χ3v) is 8.63. The summed E-state index contributed by atoms with van der Waals surface area (Å²) in [4.78, 5) is 0. The molecule has 1 atom stereocenters. The monoisotopic (exact) mass is 291 g/mol. The van der Waals surface area contributed by atoms with Crippen LogP contribution in [0.1, 0.15) is 26.3 Å². The van der Waals surface area contributed by atoms with E-state index in [0.717, 1.165) is 6.54 Å². The van der Waals surface area contributed by atoms with Gasteiger partial charge in [-0.3, -0.25) is 0 Å². The van der Waals surface area contributed by atoms with Gasteiger partial charge in [-0.15, -0.1) is 6.58 Å². The van der Waals surface area contributed by atoms with E-state index in [4.69, 9.17) is 4.43 Å². The third-order valence-electron chi connectivity index (χ3n) is 4.13. The van der Waals surface area contributed by atoms with E-state index in [0.29, 0.717) is 6.61 Å². The van der Waals surface area contributed by atoms with Gasteiger partial charge < -0.3 is 9.74 Å². The van der Waals surface area contributed by atoms with E-state index >= 15 is 0 Å². The van der Waals surface area contributed by atoms with Crippen molar-refractivity contribution in [3.8, 4) is 0 Å². The smallest absolute Gasteiger partial charge is 0.192 e. The van der Waals surface area contributed by atoms with E-state index in [9.17, 15) is 0 Å². The van der Waals surface area contributed by atoms with Crippen molar-refractivity contribution in [3.63, 3.8) is 0 Å². The summed E-state index contributed by atoms with van der Waals surface area (Å²) in [7, 11) is -1.68. The highest BCUT2D eigenvalue weighted by Gasteiger charge is 2.37. The second-order valence-electron chi connectivity index (χ2n) is 6.78. The minimum atomic E-state index is -1.68. The fourth-order valence-electron chi connectivity index (χ4n) is 1.57. The van der Waals surface area contributed by atoms with Crippen LogP contribution in [0.5, 0.6) is 0 Å². The zero-order valence-corrected chi connectivity index (χ0v) is 14.6. The summed E-state index contributed by atoms with van der Waals surface area (Å²) in [5, 5.41) is 3.74. The Morgan fingerprint density at radius 2 is 1.85 bits per heavy atom. The highest BCUT2D eigenvalue weighted by molar-refractivity contribution is 6.74. The van der Waals surface area contributed by atoms with Gasteiger partial charge in [0, 0.05) is 12.6 Å². The van der Waals surface area contributed by atoms with Crippen molar-refractivity contribution in [2.24, 2.45) is 0 Å². The average Bonchev–Trinajstić information content (AvgIpc) is 2.39. The maximum absolute atomic E-state index is 6.24. The van der Waals surface area contributed by atoms with Crippen LogP contribution in [0, 0.1) is 0 Å². The van der Waals surface area contributed by atoms with Crippen LogP contribution < -0.4 is 5.32 Å². The van der Waals surface area contributed by atoms with Crippen molar-refractivity contribution in [3.05, 3.63) is 48.6 Å². The molecule has 1 unspecified atom stereocenters. The largest absolute Gasteiger partial charge is 0.415 e. The second-order valence-corrected chi connectivity index (χ2v) is 11.6. The summed E-state index contributed by atoms with van der Waals surface area (Å²) in [6.07, 6.45) is 1.94. The van der Waals surface area contributed by atoms with Gasteiger partial charge in [0.15, 0.2) is 8.32 Å². The molecule has 0 aliphatic rings. The number of benzene rings is 1. The Balaban J connectivity index is 2.46. The zero-order chi connectivity index (χ0) is 15.2. The molecular weight excluding hydrogens is 262 g/mol. The molecule has 3 heteroatoms. The molecule has 0 amide bonds. The number of hydrogen-bond acceptors (Lipinski definition) is 2. The van der Waals surface area contributed by atoms with Crippen LogP contribution in [0.2, 0.25) is 18.1 Å². The molecule has 1 aromatic rings. The van der Waals surface area contributed by atoms with Gasteiger partial charge in [-0.05, 0) is 23.7 Å². The Hall–Kier alpha value is -0.903. The molecule has 0 radical (unpaired) electrons. The molecule has 2 nitrogen and oxygen atoms in total. The first-order valence-electron chi connectivity index (χ1n) is 7.30. The number of hydrogen-bond donors (Lipinski definition) is 1. The Labute approximate surface area is 125 Å². The van der Waals surface area contributed by atoms with Crippen LogP contribution in [0.4, 0.5) is 0 Å². The zero-order valence-electron chi connectivity index (χ0n) is 13.6. The normalized spacial score (nSPS) is 14.1. The molecule has 20 heavy (non-hydrogen) atoms. The SMILES string of the molecule is C=CC(CO[Si](C)(C)C(C)(C)C)NCc1ccccc1. The summed E-state index contributed by atoms with van der Waals surface area (Å²) in [6, 6.07) is 10.6. The molecule has 0 saturated carbocycles. The van der Waals surface area contributed by atoms with Crippen molar-refractivity contribution in [1.82, 2.24) is 5.32 Å². The predicted molar refractivity (Wildman–Crippen MR) is 90.4 cm³/mol. The van der Waals surface area contributed by atoms with E-state index in [-0.39, 0.29) is 11.1 Å². The van der Waals surface area contributed by atoms with E-state index in [1.807, 2.05) is 12.1 Å². The van der Waals surface area contributed by atoms with E-state index in [1.165, 1.54) is 5.56 Å². The average molecular weight is 292 g/mol. The van der Waals surface area contributed by atoms with Gasteiger partial charge >= 0.3 is 0 Å². The van der Waals surface area contributed by atoms with Crippen molar-refractivity contribution >= 4 is 8.32 Å². The van der Waals surface area contributed by atoms with E-state index < -0.39 is 8.32 Å². The molecule has 0 spiro atoms. The van der Waals surface area contributed by atoms with Crippen LogP contribution in [0.25, 0.3) is 0 Å². The van der Waals surface area contributed by atoms with Crippen molar-refractivity contribution in [2.75, 3.05) is 6.61 Å². The molecule has 112 valence electrons. The van der Waals surface area contributed by atoms with E-state index in [2.05, 4.69) is 70.0 Å². The molecule has 0 heterocycles. The lowest BCUT2D eigenvalue weighted by atomic mass is 10.2. The molecule has 0 bridgehead atoms. The van der Waals surface area contributed by atoms with Gasteiger partial charge in [-0.1, -0.05) is 57.2 Å². The lowest BCUT2D eigenvalue weighted by Gasteiger charge is -2.37. The first kappa shape index (κ1) is 17.1. The summed E-state index contributed by atoms with van der Waals surface area (Å²) < 4.78 is 6.24. The maximum atomic E-state index is 6.24. The van der Waals surface area contributed by atoms with Gasteiger partial charge in [0.05, 0.1) is 6.61 Å². The predicted octanol–water partition coefficient (Wildman–Crippen LogP) is 4.35. The summed E-state index contributed by atoms with van der Waals surface area (Å²) in [5.41, 5.74) is 1.28. The second kappa shape index (κ2) is 7.20. The van der Waals surface area contributed by atoms with Crippen molar-refractivity contribution in [2.45, 2.75) is 51.5 Å². The van der Waals surface area contributed by atoms with Crippen molar-refractivity contribution in [1.29, 1.82) is 0 Å². The standard InChI is InChI=1S/C17H29NOSi/c1-7-16(14-19-20(5,6)17(2,3)4)18-13-15-11-9-8-10-12-15/h7-12,16,18H,1,13-14H2,2-6H3. The van der Waals surface area contributed by atoms with E-state index in [1.54, 1.807) is 0 Å². The van der Waals surface area contributed by atoms with Crippen molar-refractivity contribution < 1.29 is 4.43 Å². The summed E-state index contributed by atoms with van der Waals surface area (Å²) in [6.45, 7) is 16.8. The Bertz CT molecular complexity index is 409. The lowest BCUT2D eigenvalue weighted by Crippen LogP contribution is -2.44. The van der Waals surface area contributed by atoms with Crippen LogP contribution >= 0.6 is 0 Å². The first-order chi connectivity index (χ1) is 9.26. The van der Waals surface area contributed by atoms with Crippen LogP contribution in [0.3, 0.4) is 0 Å². The lowest BCUT2D eigenvalue weighted by molar-refractivity contribution is 0.261. The minimum absolute atomic E-state index is 0.198. The Kier molecular flexibility index (Phi) is 6.18. The summed E-state index contributed by atoms with van der Waals surface area (Å²) in [5.74, 6) is 0. The fourth-order valence-corrected chi connectivity index (χ4v) is 2.60. The van der Waals surface area contributed by atoms with Crippen LogP contribution in [0.15, 0.2) is 43.0 Å². The van der Waals surface area contributed by atoms with Crippen LogP contribution in [-0.2, 0) is 11.0 Å². The molecule has 1 N–H and O–H groups in total. The quantitative estimate of drug-likeness (QED) is 0.595. The Morgan fingerprint density at radius 1 is 1.25 bits per heavy atom. The molecule has 0 fully saturated rings. The van der Waals surface area contributed by atoms with Gasteiger partial charge in [0.1, 0.15) is 0 Å². The van der Waals surface area contributed by atoms with Gasteiger partial charge in [0.2, 0.25) is 0 Å². The molecule has 0 aliphatic carbocycles. The number of nitrogens with one attached hydrogen (secondary N) is 1. The molecular formula is C17H29NOSi. The highest BCUT2D eigenvalue weighted by atomic mass is 28.4. The maximum Gasteiger partial charge on any atom is 0.192 e. The topological polar surface area (TPSA) is 21.3 Å². The summed E-state index contributed by atoms with van der Waals surface area (Å²) >= 11 is 0. The molecule has 0 saturated heterocycles. The minimum Gasteiger partial charge on any atom is -0.415 e. The molecule has 0 aromatic heterocycles.